The fraction of sp³-hybridized carbons (Fsp3) is 0.700. The average Bonchev–Trinajstić information content (AvgIpc) is 1.85. The normalized spacial score (nSPS) is 11.2. The Hall–Kier alpha value is -0.790. The molecule has 0 atom stereocenters. The van der Waals surface area contributed by atoms with Crippen molar-refractivity contribution in [3.63, 3.8) is 0 Å². The third-order valence-corrected chi connectivity index (χ3v) is 1.94. The molecule has 2 heteroatoms. The predicted octanol–water partition coefficient (Wildman–Crippen LogP) is 2.84. The summed E-state index contributed by atoms with van der Waals surface area (Å²) in [6.07, 6.45) is 4.83. The molecule has 0 amide bonds. The Balaban J connectivity index is 3.60. The van der Waals surface area contributed by atoms with Gasteiger partial charge >= 0.3 is 5.97 Å². The zero-order valence-electron chi connectivity index (χ0n) is 7.97. The molecule has 0 spiro atoms. The van der Waals surface area contributed by atoms with Gasteiger partial charge in [0.25, 0.3) is 0 Å². The van der Waals surface area contributed by atoms with Gasteiger partial charge in [0, 0.05) is 6.42 Å². The minimum Gasteiger partial charge on any atom is -0.481 e. The highest BCUT2D eigenvalue weighted by atomic mass is 16.4. The molecule has 70 valence electrons. The summed E-state index contributed by atoms with van der Waals surface area (Å²) in [7, 11) is 0. The van der Waals surface area contributed by atoms with Gasteiger partial charge in [-0.2, -0.15) is 0 Å². The summed E-state index contributed by atoms with van der Waals surface area (Å²) in [6.45, 7) is 7.94. The van der Waals surface area contributed by atoms with Gasteiger partial charge in [0.05, 0.1) is 0 Å². The van der Waals surface area contributed by atoms with Crippen molar-refractivity contribution in [3.8, 4) is 0 Å². The van der Waals surface area contributed by atoms with E-state index in [2.05, 4.69) is 20.4 Å². The van der Waals surface area contributed by atoms with Crippen LogP contribution in [-0.2, 0) is 4.79 Å². The second-order valence-corrected chi connectivity index (χ2v) is 3.90. The number of allylic oxidation sites excluding steroid dienone is 1. The van der Waals surface area contributed by atoms with Crippen LogP contribution in [0.1, 0.15) is 39.5 Å². The maximum Gasteiger partial charge on any atom is 0.303 e. The fourth-order valence-electron chi connectivity index (χ4n) is 1.21. The molecule has 12 heavy (non-hydrogen) atoms. The number of aliphatic carboxylic acids is 1. The molecule has 0 fully saturated rings. The minimum atomic E-state index is -0.704. The summed E-state index contributed by atoms with van der Waals surface area (Å²) in [5.74, 6) is -0.704. The van der Waals surface area contributed by atoms with Gasteiger partial charge in [-0.05, 0) is 24.7 Å². The molecule has 0 aromatic rings. The highest BCUT2D eigenvalue weighted by molar-refractivity contribution is 5.66. The van der Waals surface area contributed by atoms with Crippen LogP contribution in [0.4, 0.5) is 0 Å². The van der Waals surface area contributed by atoms with Gasteiger partial charge in [0.2, 0.25) is 0 Å². The number of carboxylic acids is 1. The number of carbonyl (C=O) groups is 1. The summed E-state index contributed by atoms with van der Waals surface area (Å²) >= 11 is 0. The molecule has 0 bridgehead atoms. The predicted molar refractivity (Wildman–Crippen MR) is 50.1 cm³/mol. The Morgan fingerprint density at radius 3 is 2.58 bits per heavy atom. The zero-order chi connectivity index (χ0) is 9.61. The van der Waals surface area contributed by atoms with Gasteiger partial charge in [-0.15, -0.1) is 6.58 Å². The molecule has 0 rings (SSSR count). The number of hydrogen-bond acceptors (Lipinski definition) is 1. The Kier molecular flexibility index (Phi) is 4.64. The first kappa shape index (κ1) is 11.2. The van der Waals surface area contributed by atoms with Crippen LogP contribution in [0.25, 0.3) is 0 Å². The van der Waals surface area contributed by atoms with E-state index in [1.54, 1.807) is 0 Å². The van der Waals surface area contributed by atoms with Gasteiger partial charge in [0.15, 0.2) is 0 Å². The summed E-state index contributed by atoms with van der Waals surface area (Å²) in [5.41, 5.74) is 0.206. The highest BCUT2D eigenvalue weighted by Gasteiger charge is 2.15. The molecule has 0 saturated heterocycles. The van der Waals surface area contributed by atoms with Crippen LogP contribution in [0.5, 0.6) is 0 Å². The fourth-order valence-corrected chi connectivity index (χ4v) is 1.21. The van der Waals surface area contributed by atoms with Crippen molar-refractivity contribution in [2.45, 2.75) is 39.5 Å². The van der Waals surface area contributed by atoms with Crippen molar-refractivity contribution in [1.29, 1.82) is 0 Å². The Morgan fingerprint density at radius 2 is 2.17 bits per heavy atom. The van der Waals surface area contributed by atoms with Crippen molar-refractivity contribution < 1.29 is 9.90 Å². The minimum absolute atomic E-state index is 0.206. The maximum absolute atomic E-state index is 10.2. The van der Waals surface area contributed by atoms with E-state index >= 15 is 0 Å². The average molecular weight is 170 g/mol. The second-order valence-electron chi connectivity index (χ2n) is 3.90. The first-order valence-electron chi connectivity index (χ1n) is 4.30. The number of hydrogen-bond donors (Lipinski definition) is 1. The molecule has 0 aliphatic rings. The maximum atomic E-state index is 10.2. The van der Waals surface area contributed by atoms with Crippen LogP contribution in [0.15, 0.2) is 12.7 Å². The van der Waals surface area contributed by atoms with Crippen molar-refractivity contribution in [2.24, 2.45) is 5.41 Å². The molecule has 0 unspecified atom stereocenters. The third-order valence-electron chi connectivity index (χ3n) is 1.94. The van der Waals surface area contributed by atoms with Gasteiger partial charge < -0.3 is 5.11 Å². The molecular weight excluding hydrogens is 152 g/mol. The third kappa shape index (κ3) is 5.96. The van der Waals surface area contributed by atoms with E-state index in [9.17, 15) is 4.79 Å². The van der Waals surface area contributed by atoms with E-state index in [1.165, 1.54) is 0 Å². The van der Waals surface area contributed by atoms with Gasteiger partial charge in [-0.3, -0.25) is 4.79 Å². The second kappa shape index (κ2) is 4.96. The molecule has 0 heterocycles. The molecule has 0 saturated carbocycles. The van der Waals surface area contributed by atoms with Crippen LogP contribution in [0, 0.1) is 5.41 Å². The summed E-state index contributed by atoms with van der Waals surface area (Å²) in [4.78, 5) is 10.2. The Morgan fingerprint density at radius 1 is 1.58 bits per heavy atom. The standard InChI is InChI=1S/C10H18O2/c1-4-7-10(2,3)8-5-6-9(11)12/h4H,1,5-8H2,2-3H3,(H,11,12). The van der Waals surface area contributed by atoms with E-state index in [1.807, 2.05) is 6.08 Å². The summed E-state index contributed by atoms with van der Waals surface area (Å²) < 4.78 is 0. The van der Waals surface area contributed by atoms with Crippen molar-refractivity contribution in [2.75, 3.05) is 0 Å². The lowest BCUT2D eigenvalue weighted by Gasteiger charge is -2.21. The SMILES string of the molecule is C=CCC(C)(C)CCCC(=O)O. The molecule has 0 radical (unpaired) electrons. The Bertz CT molecular complexity index is 159. The van der Waals surface area contributed by atoms with E-state index < -0.39 is 5.97 Å². The largest absolute Gasteiger partial charge is 0.481 e. The molecular formula is C10H18O2. The first-order chi connectivity index (χ1) is 5.48. The van der Waals surface area contributed by atoms with Crippen molar-refractivity contribution in [1.82, 2.24) is 0 Å². The quantitative estimate of drug-likeness (QED) is 0.622. The van der Waals surface area contributed by atoms with Crippen molar-refractivity contribution >= 4 is 5.97 Å². The van der Waals surface area contributed by atoms with Crippen LogP contribution in [0.2, 0.25) is 0 Å². The zero-order valence-corrected chi connectivity index (χ0v) is 7.97. The van der Waals surface area contributed by atoms with Crippen LogP contribution < -0.4 is 0 Å². The Labute approximate surface area is 74.3 Å². The van der Waals surface area contributed by atoms with E-state index in [0.717, 1.165) is 19.3 Å². The van der Waals surface area contributed by atoms with Crippen molar-refractivity contribution in [3.05, 3.63) is 12.7 Å². The van der Waals surface area contributed by atoms with Gasteiger partial charge in [0.1, 0.15) is 0 Å². The molecule has 1 N–H and O–H groups in total. The topological polar surface area (TPSA) is 37.3 Å². The van der Waals surface area contributed by atoms with Gasteiger partial charge in [-0.25, -0.2) is 0 Å². The number of carboxylic acid groups (broad SMARTS) is 1. The summed E-state index contributed by atoms with van der Waals surface area (Å²) in [5, 5.41) is 8.42. The van der Waals surface area contributed by atoms with E-state index in [0.29, 0.717) is 0 Å². The van der Waals surface area contributed by atoms with Gasteiger partial charge in [-0.1, -0.05) is 19.9 Å². The van der Waals surface area contributed by atoms with E-state index in [4.69, 9.17) is 5.11 Å². The lowest BCUT2D eigenvalue weighted by Crippen LogP contribution is -2.10. The van der Waals surface area contributed by atoms with E-state index in [-0.39, 0.29) is 11.8 Å². The van der Waals surface area contributed by atoms with Crippen LogP contribution >= 0.6 is 0 Å². The highest BCUT2D eigenvalue weighted by Crippen LogP contribution is 2.27. The molecule has 0 aliphatic carbocycles. The van der Waals surface area contributed by atoms with Crippen LogP contribution in [0.3, 0.4) is 0 Å². The first-order valence-corrected chi connectivity index (χ1v) is 4.30. The summed E-state index contributed by atoms with van der Waals surface area (Å²) in [6, 6.07) is 0. The molecule has 0 aromatic carbocycles. The lowest BCUT2D eigenvalue weighted by molar-refractivity contribution is -0.137. The number of rotatable bonds is 6. The molecule has 0 aliphatic heterocycles. The smallest absolute Gasteiger partial charge is 0.303 e. The monoisotopic (exact) mass is 170 g/mol. The van der Waals surface area contributed by atoms with Crippen LogP contribution in [-0.4, -0.2) is 11.1 Å². The lowest BCUT2D eigenvalue weighted by atomic mass is 9.84. The molecule has 0 aromatic heterocycles. The molecule has 2 nitrogen and oxygen atoms in total.